The molecule has 0 bridgehead atoms. The Morgan fingerprint density at radius 3 is 3.06 bits per heavy atom. The summed E-state index contributed by atoms with van der Waals surface area (Å²) < 4.78 is 4.58. The largest absolute Gasteiger partial charge is 0.466 e. The Bertz CT molecular complexity index is 557. The van der Waals surface area contributed by atoms with E-state index in [1.807, 2.05) is 12.1 Å². The van der Waals surface area contributed by atoms with Gasteiger partial charge in [0, 0.05) is 4.91 Å². The molecule has 0 saturated heterocycles. The number of hydrogen-bond acceptors (Lipinski definition) is 3. The molecule has 0 unspecified atom stereocenters. The van der Waals surface area contributed by atoms with Crippen LogP contribution in [-0.4, -0.2) is 13.1 Å². The molecular formula is C13H13N3O2. The number of methoxy groups -OCH3 is 1. The Morgan fingerprint density at radius 2 is 2.33 bits per heavy atom. The molecule has 5 nitrogen and oxygen atoms in total. The van der Waals surface area contributed by atoms with Crippen LogP contribution in [-0.2, 0) is 22.4 Å². The average Bonchev–Trinajstić information content (AvgIpc) is 2.86. The van der Waals surface area contributed by atoms with Crippen molar-refractivity contribution in [1.82, 2.24) is 0 Å². The van der Waals surface area contributed by atoms with Crippen molar-refractivity contribution >= 4 is 12.0 Å². The van der Waals surface area contributed by atoms with Gasteiger partial charge in [0.15, 0.2) is 0 Å². The molecule has 92 valence electrons. The molecule has 0 aromatic heterocycles. The van der Waals surface area contributed by atoms with Gasteiger partial charge in [0.25, 0.3) is 0 Å². The number of carbonyl (C=O) groups is 1. The standard InChI is InChI=1S/C13H13N3O2/c1-18-13(17)12(15-16-14)8-10-6-2-4-9-5-3-7-11(9)10/h2,4,6,8H,3,5,7H2,1H3. The normalized spacial score (nSPS) is 13.7. The molecule has 0 spiro atoms. The topological polar surface area (TPSA) is 75.1 Å². The summed E-state index contributed by atoms with van der Waals surface area (Å²) in [4.78, 5) is 14.1. The average molecular weight is 243 g/mol. The van der Waals surface area contributed by atoms with Gasteiger partial charge in [-0.05, 0) is 47.6 Å². The molecule has 2 rings (SSSR count). The highest BCUT2D eigenvalue weighted by molar-refractivity contribution is 5.93. The van der Waals surface area contributed by atoms with Crippen LogP contribution in [0.25, 0.3) is 16.5 Å². The van der Waals surface area contributed by atoms with Crippen molar-refractivity contribution in [2.75, 3.05) is 7.11 Å². The van der Waals surface area contributed by atoms with Crippen LogP contribution in [0.15, 0.2) is 29.0 Å². The van der Waals surface area contributed by atoms with Gasteiger partial charge in [-0.3, -0.25) is 0 Å². The number of esters is 1. The Labute approximate surface area is 105 Å². The van der Waals surface area contributed by atoms with Crippen LogP contribution >= 0.6 is 0 Å². The quantitative estimate of drug-likeness (QED) is 0.269. The highest BCUT2D eigenvalue weighted by Crippen LogP contribution is 2.27. The van der Waals surface area contributed by atoms with Crippen molar-refractivity contribution in [3.63, 3.8) is 0 Å². The predicted molar refractivity (Wildman–Crippen MR) is 67.6 cm³/mol. The van der Waals surface area contributed by atoms with E-state index in [0.717, 1.165) is 24.8 Å². The lowest BCUT2D eigenvalue weighted by atomic mass is 10.0. The van der Waals surface area contributed by atoms with E-state index in [-0.39, 0.29) is 5.70 Å². The molecule has 0 radical (unpaired) electrons. The van der Waals surface area contributed by atoms with Crippen LogP contribution in [0.1, 0.15) is 23.1 Å². The van der Waals surface area contributed by atoms with Gasteiger partial charge >= 0.3 is 5.97 Å². The lowest BCUT2D eigenvalue weighted by Gasteiger charge is -2.05. The van der Waals surface area contributed by atoms with Crippen molar-refractivity contribution in [2.24, 2.45) is 5.11 Å². The lowest BCUT2D eigenvalue weighted by Crippen LogP contribution is -2.02. The zero-order valence-corrected chi connectivity index (χ0v) is 10.1. The van der Waals surface area contributed by atoms with E-state index in [4.69, 9.17) is 5.53 Å². The van der Waals surface area contributed by atoms with Crippen molar-refractivity contribution < 1.29 is 9.53 Å². The first-order valence-corrected chi connectivity index (χ1v) is 5.72. The molecule has 0 amide bonds. The lowest BCUT2D eigenvalue weighted by molar-refractivity contribution is -0.136. The van der Waals surface area contributed by atoms with Gasteiger partial charge in [-0.25, -0.2) is 4.79 Å². The molecule has 0 saturated carbocycles. The third-order valence-corrected chi connectivity index (χ3v) is 3.02. The van der Waals surface area contributed by atoms with Gasteiger partial charge in [-0.1, -0.05) is 23.3 Å². The first-order valence-electron chi connectivity index (χ1n) is 5.72. The molecule has 0 atom stereocenters. The second-order valence-electron chi connectivity index (χ2n) is 4.05. The van der Waals surface area contributed by atoms with E-state index >= 15 is 0 Å². The number of carbonyl (C=O) groups excluding carboxylic acids is 1. The summed E-state index contributed by atoms with van der Waals surface area (Å²) in [6, 6.07) is 5.95. The van der Waals surface area contributed by atoms with Gasteiger partial charge in [0.2, 0.25) is 0 Å². The van der Waals surface area contributed by atoms with E-state index in [2.05, 4.69) is 20.8 Å². The Morgan fingerprint density at radius 1 is 1.50 bits per heavy atom. The van der Waals surface area contributed by atoms with E-state index in [1.165, 1.54) is 18.2 Å². The van der Waals surface area contributed by atoms with E-state index in [0.29, 0.717) is 0 Å². The summed E-state index contributed by atoms with van der Waals surface area (Å²) in [6.45, 7) is 0. The third kappa shape index (κ3) is 2.36. The van der Waals surface area contributed by atoms with Crippen LogP contribution in [0.3, 0.4) is 0 Å². The van der Waals surface area contributed by atoms with Crippen molar-refractivity contribution in [3.8, 4) is 0 Å². The molecule has 1 aromatic carbocycles. The first kappa shape index (κ1) is 12.2. The van der Waals surface area contributed by atoms with E-state index < -0.39 is 5.97 Å². The van der Waals surface area contributed by atoms with Crippen molar-refractivity contribution in [3.05, 3.63) is 51.0 Å². The number of rotatable bonds is 3. The number of ether oxygens (including phenoxy) is 1. The monoisotopic (exact) mass is 243 g/mol. The smallest absolute Gasteiger partial charge is 0.340 e. The maximum Gasteiger partial charge on any atom is 0.340 e. The highest BCUT2D eigenvalue weighted by atomic mass is 16.5. The summed E-state index contributed by atoms with van der Waals surface area (Å²) in [5.41, 5.74) is 11.9. The fourth-order valence-electron chi connectivity index (χ4n) is 2.21. The number of aryl methyl sites for hydroxylation is 1. The predicted octanol–water partition coefficient (Wildman–Crippen LogP) is 3.00. The molecule has 5 heteroatoms. The van der Waals surface area contributed by atoms with Crippen LogP contribution in [0.5, 0.6) is 0 Å². The maximum atomic E-state index is 11.5. The number of azide groups is 1. The van der Waals surface area contributed by atoms with Crippen molar-refractivity contribution in [2.45, 2.75) is 19.3 Å². The van der Waals surface area contributed by atoms with Gasteiger partial charge in [0.1, 0.15) is 5.70 Å². The number of fused-ring (bicyclic) bond motifs is 1. The summed E-state index contributed by atoms with van der Waals surface area (Å²) in [5.74, 6) is -0.622. The first-order chi connectivity index (χ1) is 8.76. The minimum atomic E-state index is -0.622. The van der Waals surface area contributed by atoms with Gasteiger partial charge in [-0.15, -0.1) is 0 Å². The molecule has 0 heterocycles. The molecule has 1 aromatic rings. The van der Waals surface area contributed by atoms with Crippen LogP contribution in [0.2, 0.25) is 0 Å². The number of nitrogens with zero attached hydrogens (tertiary/aromatic N) is 3. The maximum absolute atomic E-state index is 11.5. The second kappa shape index (κ2) is 5.38. The number of benzene rings is 1. The van der Waals surface area contributed by atoms with Crippen LogP contribution in [0.4, 0.5) is 0 Å². The Balaban J connectivity index is 2.45. The Hall–Kier alpha value is -2.26. The molecule has 18 heavy (non-hydrogen) atoms. The zero-order chi connectivity index (χ0) is 13.0. The van der Waals surface area contributed by atoms with E-state index in [1.54, 1.807) is 6.08 Å². The Kier molecular flexibility index (Phi) is 3.65. The minimum Gasteiger partial charge on any atom is -0.466 e. The van der Waals surface area contributed by atoms with Gasteiger partial charge in [-0.2, -0.15) is 0 Å². The fourth-order valence-corrected chi connectivity index (χ4v) is 2.21. The van der Waals surface area contributed by atoms with Gasteiger partial charge in [0.05, 0.1) is 7.11 Å². The minimum absolute atomic E-state index is 0.0136. The number of hydrogen-bond donors (Lipinski definition) is 0. The van der Waals surface area contributed by atoms with E-state index in [9.17, 15) is 4.79 Å². The molecule has 1 aliphatic rings. The van der Waals surface area contributed by atoms with Crippen molar-refractivity contribution in [1.29, 1.82) is 0 Å². The summed E-state index contributed by atoms with van der Waals surface area (Å²) in [7, 11) is 1.26. The molecule has 0 aliphatic heterocycles. The molecule has 0 fully saturated rings. The summed E-state index contributed by atoms with van der Waals surface area (Å²) >= 11 is 0. The highest BCUT2D eigenvalue weighted by Gasteiger charge is 2.15. The summed E-state index contributed by atoms with van der Waals surface area (Å²) in [6.07, 6.45) is 4.77. The summed E-state index contributed by atoms with van der Waals surface area (Å²) in [5, 5.41) is 3.38. The third-order valence-electron chi connectivity index (χ3n) is 3.02. The second-order valence-corrected chi connectivity index (χ2v) is 4.05. The van der Waals surface area contributed by atoms with Crippen LogP contribution in [0, 0.1) is 0 Å². The zero-order valence-electron chi connectivity index (χ0n) is 10.1. The fraction of sp³-hybridized carbons (Fsp3) is 0.308. The SMILES string of the molecule is COC(=O)C(=Cc1cccc2c1CCC2)N=[N+]=[N-]. The molecule has 0 N–H and O–H groups in total. The van der Waals surface area contributed by atoms with Gasteiger partial charge < -0.3 is 4.74 Å². The van der Waals surface area contributed by atoms with Crippen LogP contribution < -0.4 is 0 Å². The molecular weight excluding hydrogens is 230 g/mol. The molecule has 1 aliphatic carbocycles.